The van der Waals surface area contributed by atoms with Gasteiger partial charge >= 0.3 is 0 Å². The highest BCUT2D eigenvalue weighted by atomic mass is 35.5. The van der Waals surface area contributed by atoms with Gasteiger partial charge in [-0.2, -0.15) is 0 Å². The standard InChI is InChI=1S/C20H22ClN3O2/c1-2-24-18(25)10-9-16(19(24)15-7-3-4-8-17(15)21)20(26)23-13-14-6-5-11-22-12-14/h3-8,11-12,16,19H,2,9-10,13H2,1H3,(H,23,26)/t16-,19+/m1/s1. The first-order chi connectivity index (χ1) is 12.6. The number of halogens is 1. The van der Waals surface area contributed by atoms with Gasteiger partial charge in [-0.15, -0.1) is 0 Å². The van der Waals surface area contributed by atoms with Crippen molar-refractivity contribution in [1.82, 2.24) is 15.2 Å². The SMILES string of the molecule is CCN1C(=O)CC[C@@H](C(=O)NCc2cccnc2)[C@@H]1c1ccccc1Cl. The molecule has 1 aliphatic heterocycles. The van der Waals surface area contributed by atoms with Crippen molar-refractivity contribution in [3.8, 4) is 0 Å². The summed E-state index contributed by atoms with van der Waals surface area (Å²) in [5.74, 6) is -0.331. The minimum absolute atomic E-state index is 0.0636. The Balaban J connectivity index is 1.84. The summed E-state index contributed by atoms with van der Waals surface area (Å²) in [4.78, 5) is 31.2. The van der Waals surface area contributed by atoms with Crippen LogP contribution in [0.3, 0.4) is 0 Å². The Bertz CT molecular complexity index is 782. The molecule has 1 fully saturated rings. The number of hydrogen-bond donors (Lipinski definition) is 1. The minimum Gasteiger partial charge on any atom is -0.352 e. The second kappa shape index (κ2) is 8.32. The molecule has 6 heteroatoms. The van der Waals surface area contributed by atoms with Crippen LogP contribution in [0.4, 0.5) is 0 Å². The zero-order valence-corrected chi connectivity index (χ0v) is 15.4. The van der Waals surface area contributed by atoms with E-state index in [1.54, 1.807) is 23.4 Å². The Hall–Kier alpha value is -2.40. The molecule has 26 heavy (non-hydrogen) atoms. The molecule has 2 atom stereocenters. The molecule has 0 saturated carbocycles. The quantitative estimate of drug-likeness (QED) is 0.876. The van der Waals surface area contributed by atoms with Crippen LogP contribution in [0.5, 0.6) is 0 Å². The first kappa shape index (κ1) is 18.4. The Labute approximate surface area is 158 Å². The van der Waals surface area contributed by atoms with Crippen LogP contribution in [-0.2, 0) is 16.1 Å². The van der Waals surface area contributed by atoms with E-state index >= 15 is 0 Å². The van der Waals surface area contributed by atoms with Crippen LogP contribution in [-0.4, -0.2) is 28.2 Å². The number of likely N-dealkylation sites (tertiary alicyclic amines) is 1. The maximum atomic E-state index is 12.9. The van der Waals surface area contributed by atoms with Crippen LogP contribution in [0.15, 0.2) is 48.8 Å². The molecule has 1 aliphatic rings. The topological polar surface area (TPSA) is 62.3 Å². The van der Waals surface area contributed by atoms with Crippen LogP contribution in [0, 0.1) is 5.92 Å². The van der Waals surface area contributed by atoms with Gasteiger partial charge in [0.25, 0.3) is 0 Å². The van der Waals surface area contributed by atoms with Gasteiger partial charge in [0.05, 0.1) is 12.0 Å². The number of benzene rings is 1. The van der Waals surface area contributed by atoms with Gasteiger partial charge in [-0.3, -0.25) is 14.6 Å². The first-order valence-corrected chi connectivity index (χ1v) is 9.20. The van der Waals surface area contributed by atoms with E-state index in [4.69, 9.17) is 11.6 Å². The van der Waals surface area contributed by atoms with Crippen LogP contribution in [0.1, 0.15) is 36.9 Å². The first-order valence-electron chi connectivity index (χ1n) is 8.82. The molecule has 136 valence electrons. The molecule has 0 unspecified atom stereocenters. The maximum absolute atomic E-state index is 12.9. The number of amides is 2. The fourth-order valence-corrected chi connectivity index (χ4v) is 3.77. The van der Waals surface area contributed by atoms with Crippen molar-refractivity contribution in [3.05, 3.63) is 64.9 Å². The highest BCUT2D eigenvalue weighted by Gasteiger charge is 2.40. The Morgan fingerprint density at radius 2 is 2.12 bits per heavy atom. The number of piperidine rings is 1. The molecule has 1 saturated heterocycles. The van der Waals surface area contributed by atoms with Gasteiger partial charge in [-0.25, -0.2) is 0 Å². The molecular weight excluding hydrogens is 350 g/mol. The average Bonchev–Trinajstić information content (AvgIpc) is 2.67. The molecule has 1 aromatic heterocycles. The maximum Gasteiger partial charge on any atom is 0.225 e. The average molecular weight is 372 g/mol. The van der Waals surface area contributed by atoms with Gasteiger partial charge in [0, 0.05) is 36.9 Å². The summed E-state index contributed by atoms with van der Waals surface area (Å²) < 4.78 is 0. The van der Waals surface area contributed by atoms with Gasteiger partial charge in [-0.05, 0) is 36.6 Å². The molecule has 0 radical (unpaired) electrons. The number of hydrogen-bond acceptors (Lipinski definition) is 3. The van der Waals surface area contributed by atoms with Gasteiger partial charge in [-0.1, -0.05) is 35.9 Å². The van der Waals surface area contributed by atoms with E-state index in [1.165, 1.54) is 0 Å². The van der Waals surface area contributed by atoms with Crippen molar-refractivity contribution in [1.29, 1.82) is 0 Å². The lowest BCUT2D eigenvalue weighted by Gasteiger charge is -2.40. The molecule has 0 bridgehead atoms. The zero-order chi connectivity index (χ0) is 18.5. The van der Waals surface area contributed by atoms with Crippen LogP contribution < -0.4 is 5.32 Å². The predicted molar refractivity (Wildman–Crippen MR) is 100 cm³/mol. The summed E-state index contributed by atoms with van der Waals surface area (Å²) in [6.45, 7) is 2.89. The van der Waals surface area contributed by atoms with Crippen molar-refractivity contribution in [2.24, 2.45) is 5.92 Å². The van der Waals surface area contributed by atoms with Gasteiger partial charge in [0.1, 0.15) is 0 Å². The largest absolute Gasteiger partial charge is 0.352 e. The van der Waals surface area contributed by atoms with E-state index in [0.29, 0.717) is 31.0 Å². The molecule has 1 N–H and O–H groups in total. The van der Waals surface area contributed by atoms with E-state index in [1.807, 2.05) is 37.3 Å². The Morgan fingerprint density at radius 1 is 1.31 bits per heavy atom. The Morgan fingerprint density at radius 3 is 2.81 bits per heavy atom. The van der Waals surface area contributed by atoms with E-state index < -0.39 is 0 Å². The van der Waals surface area contributed by atoms with Crippen LogP contribution in [0.25, 0.3) is 0 Å². The lowest BCUT2D eigenvalue weighted by molar-refractivity contribution is -0.143. The monoisotopic (exact) mass is 371 g/mol. The van der Waals surface area contributed by atoms with E-state index in [2.05, 4.69) is 10.3 Å². The summed E-state index contributed by atoms with van der Waals surface area (Å²) in [6.07, 6.45) is 4.32. The highest BCUT2D eigenvalue weighted by Crippen LogP contribution is 2.39. The minimum atomic E-state index is -0.344. The molecule has 0 spiro atoms. The van der Waals surface area contributed by atoms with Crippen molar-refractivity contribution >= 4 is 23.4 Å². The normalized spacial score (nSPS) is 20.1. The van der Waals surface area contributed by atoms with Gasteiger partial charge in [0.2, 0.25) is 11.8 Å². The highest BCUT2D eigenvalue weighted by molar-refractivity contribution is 6.31. The number of aromatic nitrogens is 1. The molecule has 1 aromatic carbocycles. The smallest absolute Gasteiger partial charge is 0.225 e. The van der Waals surface area contributed by atoms with Crippen molar-refractivity contribution in [2.75, 3.05) is 6.54 Å². The Kier molecular flexibility index (Phi) is 5.89. The molecule has 2 heterocycles. The third-order valence-electron chi connectivity index (χ3n) is 4.80. The summed E-state index contributed by atoms with van der Waals surface area (Å²) in [5.41, 5.74) is 1.76. The lowest BCUT2D eigenvalue weighted by atomic mass is 9.83. The molecule has 0 aliphatic carbocycles. The van der Waals surface area contributed by atoms with Gasteiger partial charge < -0.3 is 10.2 Å². The molecule has 2 amide bonds. The van der Waals surface area contributed by atoms with Crippen LogP contribution in [0.2, 0.25) is 5.02 Å². The fourth-order valence-electron chi connectivity index (χ4n) is 3.52. The third kappa shape index (κ3) is 3.88. The van der Waals surface area contributed by atoms with Gasteiger partial charge in [0.15, 0.2) is 0 Å². The third-order valence-corrected chi connectivity index (χ3v) is 5.14. The number of nitrogens with zero attached hydrogens (tertiary/aromatic N) is 2. The summed E-state index contributed by atoms with van der Waals surface area (Å²) in [7, 11) is 0. The fraction of sp³-hybridized carbons (Fsp3) is 0.350. The molecule has 5 nitrogen and oxygen atoms in total. The predicted octanol–water partition coefficient (Wildman–Crippen LogP) is 3.35. The number of pyridine rings is 1. The second-order valence-corrected chi connectivity index (χ2v) is 6.78. The number of rotatable bonds is 5. The van der Waals surface area contributed by atoms with Crippen molar-refractivity contribution in [3.63, 3.8) is 0 Å². The lowest BCUT2D eigenvalue weighted by Crippen LogP contribution is -2.48. The van der Waals surface area contributed by atoms with Crippen molar-refractivity contribution < 1.29 is 9.59 Å². The van der Waals surface area contributed by atoms with E-state index in [-0.39, 0.29) is 23.8 Å². The summed E-state index contributed by atoms with van der Waals surface area (Å²) in [5, 5.41) is 3.57. The van der Waals surface area contributed by atoms with E-state index in [9.17, 15) is 9.59 Å². The summed E-state index contributed by atoms with van der Waals surface area (Å²) >= 11 is 6.39. The number of carbonyl (C=O) groups is 2. The molecule has 2 aromatic rings. The molecule has 3 rings (SSSR count). The van der Waals surface area contributed by atoms with Crippen molar-refractivity contribution in [2.45, 2.75) is 32.4 Å². The number of nitrogens with one attached hydrogen (secondary N) is 1. The van der Waals surface area contributed by atoms with E-state index in [0.717, 1.165) is 11.1 Å². The summed E-state index contributed by atoms with van der Waals surface area (Å²) in [6, 6.07) is 10.9. The zero-order valence-electron chi connectivity index (χ0n) is 14.7. The number of carbonyl (C=O) groups excluding carboxylic acids is 2. The molecular formula is C20H22ClN3O2. The second-order valence-electron chi connectivity index (χ2n) is 6.37. The van der Waals surface area contributed by atoms with Crippen LogP contribution >= 0.6 is 11.6 Å².